The maximum absolute atomic E-state index is 3.82. The zero-order valence-electron chi connectivity index (χ0n) is 7.72. The molecule has 0 aromatic rings. The first kappa shape index (κ1) is 9.05. The van der Waals surface area contributed by atoms with E-state index in [9.17, 15) is 0 Å². The highest BCUT2D eigenvalue weighted by Crippen LogP contribution is 2.24. The van der Waals surface area contributed by atoms with Gasteiger partial charge < -0.3 is 0 Å². The molecule has 1 rings (SSSR count). The molecular formula is C12H16. The highest BCUT2D eigenvalue weighted by Gasteiger charge is 2.07. The lowest BCUT2D eigenvalue weighted by Crippen LogP contribution is -1.92. The van der Waals surface area contributed by atoms with Crippen molar-refractivity contribution in [3.05, 3.63) is 48.6 Å². The van der Waals surface area contributed by atoms with Crippen molar-refractivity contribution in [3.63, 3.8) is 0 Å². The molecule has 0 spiro atoms. The minimum Gasteiger partial charge on any atom is -0.0988 e. The van der Waals surface area contributed by atoms with Crippen molar-refractivity contribution in [2.75, 3.05) is 0 Å². The van der Waals surface area contributed by atoms with Gasteiger partial charge in [0.2, 0.25) is 0 Å². The van der Waals surface area contributed by atoms with Gasteiger partial charge in [-0.3, -0.25) is 0 Å². The summed E-state index contributed by atoms with van der Waals surface area (Å²) >= 11 is 0. The van der Waals surface area contributed by atoms with Crippen LogP contribution in [-0.4, -0.2) is 0 Å². The molecule has 0 bridgehead atoms. The van der Waals surface area contributed by atoms with Crippen LogP contribution < -0.4 is 0 Å². The summed E-state index contributed by atoms with van der Waals surface area (Å²) in [6.45, 7) is 9.88. The average molecular weight is 160 g/mol. The third-order valence-corrected chi connectivity index (χ3v) is 2.24. The van der Waals surface area contributed by atoms with E-state index >= 15 is 0 Å². The van der Waals surface area contributed by atoms with Gasteiger partial charge in [-0.2, -0.15) is 0 Å². The van der Waals surface area contributed by atoms with Gasteiger partial charge >= 0.3 is 0 Å². The maximum atomic E-state index is 3.82. The molecule has 0 saturated heterocycles. The van der Waals surface area contributed by atoms with Crippen molar-refractivity contribution in [1.82, 2.24) is 0 Å². The Balaban J connectivity index is 2.96. The fraction of sp³-hybridized carbons (Fsp3) is 0.333. The molecule has 1 aliphatic carbocycles. The van der Waals surface area contributed by atoms with Crippen LogP contribution in [0.1, 0.15) is 19.8 Å². The van der Waals surface area contributed by atoms with Gasteiger partial charge in [-0.05, 0) is 29.9 Å². The van der Waals surface area contributed by atoms with Crippen LogP contribution in [0.25, 0.3) is 0 Å². The average Bonchev–Trinajstić information content (AvgIpc) is 2.26. The van der Waals surface area contributed by atoms with Crippen molar-refractivity contribution >= 4 is 0 Å². The quantitative estimate of drug-likeness (QED) is 0.578. The van der Waals surface area contributed by atoms with Gasteiger partial charge in [0.1, 0.15) is 0 Å². The molecule has 1 aliphatic rings. The monoisotopic (exact) mass is 160 g/mol. The number of allylic oxidation sites excluding steroid dienone is 6. The third-order valence-electron chi connectivity index (χ3n) is 2.24. The predicted octanol–water partition coefficient (Wildman–Crippen LogP) is 3.64. The zero-order valence-corrected chi connectivity index (χ0v) is 7.72. The lowest BCUT2D eigenvalue weighted by Gasteiger charge is -2.07. The van der Waals surface area contributed by atoms with E-state index in [1.54, 1.807) is 0 Å². The minimum absolute atomic E-state index is 0.728. The third kappa shape index (κ3) is 1.97. The highest BCUT2D eigenvalue weighted by molar-refractivity contribution is 5.40. The van der Waals surface area contributed by atoms with Crippen molar-refractivity contribution in [2.45, 2.75) is 19.8 Å². The van der Waals surface area contributed by atoms with Gasteiger partial charge in [0.25, 0.3) is 0 Å². The Morgan fingerprint density at radius 1 is 1.42 bits per heavy atom. The largest absolute Gasteiger partial charge is 0.0988 e. The number of hydrogen-bond donors (Lipinski definition) is 0. The van der Waals surface area contributed by atoms with Crippen molar-refractivity contribution in [2.24, 2.45) is 5.92 Å². The van der Waals surface area contributed by atoms with E-state index < -0.39 is 0 Å². The first-order valence-corrected chi connectivity index (χ1v) is 4.42. The molecule has 0 fully saturated rings. The van der Waals surface area contributed by atoms with Gasteiger partial charge in [-0.25, -0.2) is 0 Å². The van der Waals surface area contributed by atoms with Crippen molar-refractivity contribution in [3.8, 4) is 0 Å². The molecule has 0 heteroatoms. The fourth-order valence-electron chi connectivity index (χ4n) is 1.51. The van der Waals surface area contributed by atoms with E-state index in [2.05, 4.69) is 32.2 Å². The smallest absolute Gasteiger partial charge is 0.0234 e. The molecule has 0 saturated carbocycles. The van der Waals surface area contributed by atoms with Crippen LogP contribution in [-0.2, 0) is 0 Å². The van der Waals surface area contributed by atoms with E-state index in [1.165, 1.54) is 11.1 Å². The summed E-state index contributed by atoms with van der Waals surface area (Å²) in [5, 5.41) is 0. The molecule has 0 N–H and O–H groups in total. The lowest BCUT2D eigenvalue weighted by atomic mass is 9.98. The number of hydrogen-bond acceptors (Lipinski definition) is 0. The summed E-state index contributed by atoms with van der Waals surface area (Å²) < 4.78 is 0. The Bertz CT molecular complexity index is 241. The topological polar surface area (TPSA) is 0 Å². The van der Waals surface area contributed by atoms with E-state index in [0.717, 1.165) is 18.8 Å². The van der Waals surface area contributed by atoms with Crippen LogP contribution in [0.2, 0.25) is 0 Å². The standard InChI is InChI=1S/C12H16/c1-4-11-8-6-7-10(3)9-12(11)5-2/h4-6,8,10H,1-2,7,9H2,3H3. The maximum Gasteiger partial charge on any atom is -0.0234 e. The van der Waals surface area contributed by atoms with Gasteiger partial charge in [0.15, 0.2) is 0 Å². The summed E-state index contributed by atoms with van der Waals surface area (Å²) in [5.41, 5.74) is 2.56. The molecule has 0 radical (unpaired) electrons. The summed E-state index contributed by atoms with van der Waals surface area (Å²) in [6, 6.07) is 0. The van der Waals surface area contributed by atoms with E-state index in [4.69, 9.17) is 0 Å². The van der Waals surface area contributed by atoms with Gasteiger partial charge in [-0.1, -0.05) is 44.4 Å². The van der Waals surface area contributed by atoms with E-state index in [-0.39, 0.29) is 0 Å². The molecule has 64 valence electrons. The van der Waals surface area contributed by atoms with Crippen molar-refractivity contribution < 1.29 is 0 Å². The van der Waals surface area contributed by atoms with Crippen LogP contribution in [0.4, 0.5) is 0 Å². The first-order valence-electron chi connectivity index (χ1n) is 4.42. The van der Waals surface area contributed by atoms with Crippen LogP contribution in [0.5, 0.6) is 0 Å². The molecule has 0 aliphatic heterocycles. The molecule has 1 unspecified atom stereocenters. The van der Waals surface area contributed by atoms with Gasteiger partial charge in [-0.15, -0.1) is 0 Å². The zero-order chi connectivity index (χ0) is 8.97. The van der Waals surface area contributed by atoms with E-state index in [1.807, 2.05) is 12.2 Å². The Morgan fingerprint density at radius 2 is 2.17 bits per heavy atom. The minimum atomic E-state index is 0.728. The molecule has 0 amide bonds. The summed E-state index contributed by atoms with van der Waals surface area (Å²) in [7, 11) is 0. The second kappa shape index (κ2) is 4.10. The highest BCUT2D eigenvalue weighted by atomic mass is 14.1. The van der Waals surface area contributed by atoms with E-state index in [0.29, 0.717) is 0 Å². The first-order chi connectivity index (χ1) is 5.77. The Morgan fingerprint density at radius 3 is 2.75 bits per heavy atom. The summed E-state index contributed by atoms with van der Waals surface area (Å²) in [4.78, 5) is 0. The van der Waals surface area contributed by atoms with Crippen molar-refractivity contribution in [1.29, 1.82) is 0 Å². The molecule has 1 atom stereocenters. The second-order valence-corrected chi connectivity index (χ2v) is 3.34. The predicted molar refractivity (Wildman–Crippen MR) is 55.0 cm³/mol. The molecule has 12 heavy (non-hydrogen) atoms. The van der Waals surface area contributed by atoms with Gasteiger partial charge in [0.05, 0.1) is 0 Å². The van der Waals surface area contributed by atoms with Crippen LogP contribution in [0.15, 0.2) is 48.6 Å². The number of rotatable bonds is 2. The SMILES string of the molecule is C=CC1=C(C=C)CC(C)CC=C1. The summed E-state index contributed by atoms with van der Waals surface area (Å²) in [6.07, 6.45) is 10.5. The normalized spacial score (nSPS) is 23.6. The van der Waals surface area contributed by atoms with Gasteiger partial charge in [0, 0.05) is 0 Å². The molecule has 0 heterocycles. The van der Waals surface area contributed by atoms with Crippen LogP contribution in [0.3, 0.4) is 0 Å². The Labute approximate surface area is 75.0 Å². The lowest BCUT2D eigenvalue weighted by molar-refractivity contribution is 0.595. The second-order valence-electron chi connectivity index (χ2n) is 3.34. The summed E-state index contributed by atoms with van der Waals surface area (Å²) in [5.74, 6) is 0.728. The Kier molecular flexibility index (Phi) is 3.09. The molecule has 0 nitrogen and oxygen atoms in total. The fourth-order valence-corrected chi connectivity index (χ4v) is 1.51. The van der Waals surface area contributed by atoms with Crippen LogP contribution in [0, 0.1) is 5.92 Å². The molecule has 0 aromatic heterocycles. The Hall–Kier alpha value is -1.04. The van der Waals surface area contributed by atoms with Crippen LogP contribution >= 0.6 is 0 Å². The molecule has 0 aromatic carbocycles. The molecular weight excluding hydrogens is 144 g/mol.